The van der Waals surface area contributed by atoms with Gasteiger partial charge in [0.2, 0.25) is 0 Å². The second kappa shape index (κ2) is 7.57. The summed E-state index contributed by atoms with van der Waals surface area (Å²) in [5.74, 6) is 0.590. The highest BCUT2D eigenvalue weighted by Crippen LogP contribution is 2.20. The topological polar surface area (TPSA) is 24.1 Å². The van der Waals surface area contributed by atoms with Gasteiger partial charge in [0, 0.05) is 15.8 Å². The molecule has 21 heavy (non-hydrogen) atoms. The molecule has 0 heterocycles. The fourth-order valence-corrected chi connectivity index (χ4v) is 2.46. The van der Waals surface area contributed by atoms with E-state index in [2.05, 4.69) is 64.7 Å². The van der Waals surface area contributed by atoms with E-state index < -0.39 is 0 Å². The molecule has 2 nitrogen and oxygen atoms in total. The van der Waals surface area contributed by atoms with Gasteiger partial charge in [-0.25, -0.2) is 0 Å². The van der Waals surface area contributed by atoms with Crippen molar-refractivity contribution in [3.8, 4) is 0 Å². The van der Waals surface area contributed by atoms with Crippen LogP contribution in [0.5, 0.6) is 0 Å². The number of halogens is 1. The molecule has 0 radical (unpaired) electrons. The zero-order valence-electron chi connectivity index (χ0n) is 12.2. The van der Waals surface area contributed by atoms with Gasteiger partial charge in [-0.1, -0.05) is 41.9 Å². The quantitative estimate of drug-likeness (QED) is 0.674. The Bertz CT molecular complexity index is 593. The molecule has 0 aliphatic rings. The molecular formula is C17H19BrN2S. The average molecular weight is 363 g/mol. The predicted molar refractivity (Wildman–Crippen MR) is 99.1 cm³/mol. The van der Waals surface area contributed by atoms with Crippen LogP contribution in [0.25, 0.3) is 0 Å². The third kappa shape index (κ3) is 4.83. The van der Waals surface area contributed by atoms with Crippen LogP contribution in [-0.2, 0) is 0 Å². The first-order valence-electron chi connectivity index (χ1n) is 7.02. The lowest BCUT2D eigenvalue weighted by molar-refractivity contribution is 0.734. The maximum atomic E-state index is 5.32. The highest BCUT2D eigenvalue weighted by atomic mass is 79.9. The van der Waals surface area contributed by atoms with E-state index in [1.165, 1.54) is 5.56 Å². The first-order chi connectivity index (χ1) is 10.1. The summed E-state index contributed by atoms with van der Waals surface area (Å²) in [7, 11) is 0. The van der Waals surface area contributed by atoms with E-state index in [1.807, 2.05) is 24.3 Å². The minimum Gasteiger partial charge on any atom is -0.332 e. The Hall–Kier alpha value is -1.39. The Labute approximate surface area is 140 Å². The number of anilines is 2. The molecule has 2 rings (SSSR count). The van der Waals surface area contributed by atoms with Crippen LogP contribution in [-0.4, -0.2) is 5.11 Å². The van der Waals surface area contributed by atoms with Gasteiger partial charge >= 0.3 is 0 Å². The fraction of sp³-hybridized carbons (Fsp3) is 0.235. The normalized spacial score (nSPS) is 11.8. The van der Waals surface area contributed by atoms with Crippen molar-refractivity contribution in [2.24, 2.45) is 0 Å². The molecule has 0 fully saturated rings. The summed E-state index contributed by atoms with van der Waals surface area (Å²) in [6, 6.07) is 16.3. The molecule has 4 heteroatoms. The number of hydrogen-bond acceptors (Lipinski definition) is 1. The first-order valence-corrected chi connectivity index (χ1v) is 8.22. The van der Waals surface area contributed by atoms with E-state index >= 15 is 0 Å². The Morgan fingerprint density at radius 3 is 1.95 bits per heavy atom. The third-order valence-corrected chi connectivity index (χ3v) is 4.18. The van der Waals surface area contributed by atoms with Crippen LogP contribution in [0.2, 0.25) is 0 Å². The van der Waals surface area contributed by atoms with Crippen molar-refractivity contribution < 1.29 is 0 Å². The standard InChI is InChI=1S/C17H19BrN2S/c1-3-12(2)13-4-8-15(9-5-13)19-17(21)20-16-10-6-14(18)7-11-16/h4-12H,3H2,1-2H3,(H2,19,20,21). The molecule has 110 valence electrons. The van der Waals surface area contributed by atoms with E-state index in [1.54, 1.807) is 0 Å². The summed E-state index contributed by atoms with van der Waals surface area (Å²) in [4.78, 5) is 0. The van der Waals surface area contributed by atoms with Gasteiger partial charge in [0.05, 0.1) is 0 Å². The fourth-order valence-electron chi connectivity index (χ4n) is 1.96. The van der Waals surface area contributed by atoms with E-state index in [9.17, 15) is 0 Å². The van der Waals surface area contributed by atoms with Crippen molar-refractivity contribution in [1.82, 2.24) is 0 Å². The molecule has 0 aromatic heterocycles. The van der Waals surface area contributed by atoms with Gasteiger partial charge in [-0.05, 0) is 66.5 Å². The monoisotopic (exact) mass is 362 g/mol. The molecule has 0 saturated heterocycles. The molecule has 0 amide bonds. The number of hydrogen-bond donors (Lipinski definition) is 2. The van der Waals surface area contributed by atoms with Crippen LogP contribution in [0.15, 0.2) is 53.0 Å². The molecule has 0 spiro atoms. The van der Waals surface area contributed by atoms with Crippen molar-refractivity contribution in [2.45, 2.75) is 26.2 Å². The van der Waals surface area contributed by atoms with Crippen molar-refractivity contribution in [1.29, 1.82) is 0 Å². The summed E-state index contributed by atoms with van der Waals surface area (Å²) < 4.78 is 1.05. The molecule has 2 aromatic rings. The van der Waals surface area contributed by atoms with Crippen LogP contribution in [0.4, 0.5) is 11.4 Å². The first kappa shape index (κ1) is 16.0. The molecule has 0 bridgehead atoms. The highest BCUT2D eigenvalue weighted by Gasteiger charge is 2.03. The van der Waals surface area contributed by atoms with Crippen molar-refractivity contribution in [3.05, 3.63) is 58.6 Å². The smallest absolute Gasteiger partial charge is 0.175 e. The summed E-state index contributed by atoms with van der Waals surface area (Å²) in [5, 5.41) is 6.95. The molecule has 2 aromatic carbocycles. The van der Waals surface area contributed by atoms with Gasteiger partial charge in [-0.2, -0.15) is 0 Å². The lowest BCUT2D eigenvalue weighted by atomic mass is 9.99. The van der Waals surface area contributed by atoms with Gasteiger partial charge in [0.25, 0.3) is 0 Å². The van der Waals surface area contributed by atoms with Gasteiger partial charge in [0.15, 0.2) is 5.11 Å². The maximum absolute atomic E-state index is 5.32. The Morgan fingerprint density at radius 1 is 1.00 bits per heavy atom. The van der Waals surface area contributed by atoms with Gasteiger partial charge in [-0.3, -0.25) is 0 Å². The van der Waals surface area contributed by atoms with E-state index in [0.29, 0.717) is 11.0 Å². The molecule has 1 atom stereocenters. The SMILES string of the molecule is CCC(C)c1ccc(NC(=S)Nc2ccc(Br)cc2)cc1. The zero-order chi connectivity index (χ0) is 15.2. The molecular weight excluding hydrogens is 344 g/mol. The third-order valence-electron chi connectivity index (χ3n) is 3.45. The van der Waals surface area contributed by atoms with Gasteiger partial charge in [0.1, 0.15) is 0 Å². The van der Waals surface area contributed by atoms with Crippen molar-refractivity contribution in [2.75, 3.05) is 10.6 Å². The number of rotatable bonds is 4. The largest absolute Gasteiger partial charge is 0.332 e. The zero-order valence-corrected chi connectivity index (χ0v) is 14.6. The van der Waals surface area contributed by atoms with Crippen LogP contribution in [0, 0.1) is 0 Å². The van der Waals surface area contributed by atoms with Crippen LogP contribution < -0.4 is 10.6 Å². The Balaban J connectivity index is 1.94. The summed E-state index contributed by atoms with van der Waals surface area (Å²) in [6.45, 7) is 4.44. The Morgan fingerprint density at radius 2 is 1.48 bits per heavy atom. The maximum Gasteiger partial charge on any atom is 0.175 e. The number of benzene rings is 2. The van der Waals surface area contributed by atoms with Gasteiger partial charge < -0.3 is 10.6 Å². The molecule has 0 aliphatic heterocycles. The van der Waals surface area contributed by atoms with Crippen molar-refractivity contribution in [3.63, 3.8) is 0 Å². The van der Waals surface area contributed by atoms with Gasteiger partial charge in [-0.15, -0.1) is 0 Å². The molecule has 0 saturated carbocycles. The van der Waals surface area contributed by atoms with Crippen LogP contribution in [0.3, 0.4) is 0 Å². The predicted octanol–water partition coefficient (Wildman–Crippen LogP) is 5.77. The number of nitrogens with one attached hydrogen (secondary N) is 2. The molecule has 1 unspecified atom stereocenters. The van der Waals surface area contributed by atoms with Crippen LogP contribution in [0.1, 0.15) is 31.7 Å². The van der Waals surface area contributed by atoms with E-state index in [4.69, 9.17) is 12.2 Å². The second-order valence-electron chi connectivity index (χ2n) is 5.02. The summed E-state index contributed by atoms with van der Waals surface area (Å²) >= 11 is 8.74. The lowest BCUT2D eigenvalue weighted by Gasteiger charge is -2.13. The summed E-state index contributed by atoms with van der Waals surface area (Å²) in [6.07, 6.45) is 1.15. The van der Waals surface area contributed by atoms with E-state index in [0.717, 1.165) is 22.3 Å². The van der Waals surface area contributed by atoms with Crippen LogP contribution >= 0.6 is 28.1 Å². The average Bonchev–Trinajstić information content (AvgIpc) is 2.49. The lowest BCUT2D eigenvalue weighted by Crippen LogP contribution is -2.18. The molecule has 2 N–H and O–H groups in total. The molecule has 0 aliphatic carbocycles. The Kier molecular flexibility index (Phi) is 5.76. The van der Waals surface area contributed by atoms with E-state index in [-0.39, 0.29) is 0 Å². The van der Waals surface area contributed by atoms with Crippen molar-refractivity contribution >= 4 is 44.6 Å². The summed E-state index contributed by atoms with van der Waals surface area (Å²) in [5.41, 5.74) is 3.32. The highest BCUT2D eigenvalue weighted by molar-refractivity contribution is 9.10. The number of thiocarbonyl (C=S) groups is 1. The minimum atomic E-state index is 0.590. The second-order valence-corrected chi connectivity index (χ2v) is 6.34. The minimum absolute atomic E-state index is 0.590.